The van der Waals surface area contributed by atoms with Crippen LogP contribution in [0.1, 0.15) is 32.2 Å². The third kappa shape index (κ3) is 4.01. The van der Waals surface area contributed by atoms with Crippen LogP contribution in [0.15, 0.2) is 18.2 Å². The molecule has 1 aliphatic rings. The van der Waals surface area contributed by atoms with E-state index >= 15 is 0 Å². The van der Waals surface area contributed by atoms with Gasteiger partial charge in [-0.2, -0.15) is 0 Å². The zero-order valence-corrected chi connectivity index (χ0v) is 15.1. The summed E-state index contributed by atoms with van der Waals surface area (Å²) in [5.74, 6) is -0.100. The van der Waals surface area contributed by atoms with Crippen molar-refractivity contribution in [2.24, 2.45) is 0 Å². The number of carbonyl (C=O) groups excluding carboxylic acids is 1. The van der Waals surface area contributed by atoms with Crippen LogP contribution < -0.4 is 10.6 Å². The highest BCUT2D eigenvalue weighted by Gasteiger charge is 2.28. The maximum absolute atomic E-state index is 12.2. The molecule has 0 radical (unpaired) electrons. The Hall–Kier alpha value is -1.21. The van der Waals surface area contributed by atoms with Crippen LogP contribution >= 0.6 is 23.7 Å². The summed E-state index contributed by atoms with van der Waals surface area (Å²) < 4.78 is 1.07. The molecule has 126 valence electrons. The number of halogens is 1. The average molecular weight is 356 g/mol. The largest absolute Gasteiger partial charge is 0.392 e. The fourth-order valence-electron chi connectivity index (χ4n) is 2.47. The fraction of sp³-hybridized carbons (Fsp3) is 0.500. The number of β-amino-alcohol motifs (C(OH)–C–C–N with tert-alkyl or cyclic N) is 1. The molecule has 0 bridgehead atoms. The predicted octanol–water partition coefficient (Wildman–Crippen LogP) is 2.68. The molecule has 1 fully saturated rings. The highest BCUT2D eigenvalue weighted by Crippen LogP contribution is 2.32. The van der Waals surface area contributed by atoms with Gasteiger partial charge in [0, 0.05) is 17.6 Å². The quantitative estimate of drug-likeness (QED) is 0.774. The van der Waals surface area contributed by atoms with Gasteiger partial charge in [-0.3, -0.25) is 4.79 Å². The smallest absolute Gasteiger partial charge is 0.241 e. The Labute approximate surface area is 145 Å². The highest BCUT2D eigenvalue weighted by atomic mass is 35.5. The number of thiazole rings is 1. The summed E-state index contributed by atoms with van der Waals surface area (Å²) >= 11 is 1.66. The number of hydrogen-bond acceptors (Lipinski definition) is 5. The number of anilines is 1. The number of aromatic nitrogens is 1. The number of amides is 1. The molecular weight excluding hydrogens is 334 g/mol. The maximum atomic E-state index is 12.2. The number of fused-ring (bicyclic) bond motifs is 1. The summed E-state index contributed by atoms with van der Waals surface area (Å²) in [7, 11) is 0. The first-order chi connectivity index (χ1) is 10.3. The van der Waals surface area contributed by atoms with E-state index in [1.54, 1.807) is 11.3 Å². The molecule has 1 aromatic carbocycles. The van der Waals surface area contributed by atoms with Gasteiger partial charge in [-0.05, 0) is 24.6 Å². The number of rotatable bonds is 2. The van der Waals surface area contributed by atoms with Crippen LogP contribution in [0.4, 0.5) is 5.69 Å². The van der Waals surface area contributed by atoms with Gasteiger partial charge in [0.05, 0.1) is 27.4 Å². The molecule has 2 heterocycles. The summed E-state index contributed by atoms with van der Waals surface area (Å²) in [6, 6.07) is 5.45. The lowest BCUT2D eigenvalue weighted by molar-refractivity contribution is -0.117. The van der Waals surface area contributed by atoms with Crippen LogP contribution in [-0.2, 0) is 10.2 Å². The minimum atomic E-state index is -0.436. The van der Waals surface area contributed by atoms with Crippen LogP contribution in [-0.4, -0.2) is 34.7 Å². The summed E-state index contributed by atoms with van der Waals surface area (Å²) in [5, 5.41) is 16.5. The number of aliphatic hydroxyl groups is 1. The van der Waals surface area contributed by atoms with Crippen molar-refractivity contribution in [3.05, 3.63) is 23.2 Å². The Balaban J connectivity index is 0.00000192. The first-order valence-corrected chi connectivity index (χ1v) is 8.28. The molecule has 5 nitrogen and oxygen atoms in total. The molecule has 3 rings (SSSR count). The number of nitrogens with one attached hydrogen (secondary N) is 2. The summed E-state index contributed by atoms with van der Waals surface area (Å²) in [6.45, 7) is 6.90. The normalized spacial score (nSPS) is 21.2. The van der Waals surface area contributed by atoms with Crippen molar-refractivity contribution in [1.29, 1.82) is 0 Å². The highest BCUT2D eigenvalue weighted by molar-refractivity contribution is 7.18. The second-order valence-corrected chi connectivity index (χ2v) is 7.82. The summed E-state index contributed by atoms with van der Waals surface area (Å²) in [6.07, 6.45) is 0.0251. The van der Waals surface area contributed by atoms with Gasteiger partial charge < -0.3 is 15.7 Å². The topological polar surface area (TPSA) is 74.2 Å². The van der Waals surface area contributed by atoms with Crippen molar-refractivity contribution >= 4 is 45.6 Å². The molecule has 2 aromatic rings. The van der Waals surface area contributed by atoms with Crippen LogP contribution in [0, 0.1) is 0 Å². The van der Waals surface area contributed by atoms with Crippen molar-refractivity contribution < 1.29 is 9.90 Å². The van der Waals surface area contributed by atoms with Gasteiger partial charge in [-0.1, -0.05) is 20.8 Å². The van der Waals surface area contributed by atoms with Gasteiger partial charge in [-0.25, -0.2) is 4.98 Å². The Morgan fingerprint density at radius 3 is 2.78 bits per heavy atom. The zero-order chi connectivity index (χ0) is 15.9. The standard InChI is InChI=1S/C16H21N3O2S.ClH/c1-16(2,3)15-19-11-5-4-9(6-13(11)22-15)18-14(21)12-7-10(20)8-17-12;/h4-6,10,12,17,20H,7-8H2,1-3H3,(H,18,21);1H. The molecule has 0 aliphatic carbocycles. The molecule has 23 heavy (non-hydrogen) atoms. The van der Waals surface area contributed by atoms with Gasteiger partial charge in [0.2, 0.25) is 5.91 Å². The van der Waals surface area contributed by atoms with Gasteiger partial charge >= 0.3 is 0 Å². The van der Waals surface area contributed by atoms with E-state index in [4.69, 9.17) is 0 Å². The van der Waals surface area contributed by atoms with Crippen molar-refractivity contribution in [2.75, 3.05) is 11.9 Å². The predicted molar refractivity (Wildman–Crippen MR) is 96.6 cm³/mol. The van der Waals surface area contributed by atoms with E-state index in [1.807, 2.05) is 18.2 Å². The monoisotopic (exact) mass is 355 g/mol. The van der Waals surface area contributed by atoms with E-state index in [1.165, 1.54) is 0 Å². The van der Waals surface area contributed by atoms with Gasteiger partial charge in [-0.15, -0.1) is 23.7 Å². The average Bonchev–Trinajstić information content (AvgIpc) is 3.03. The number of benzene rings is 1. The number of nitrogens with zero attached hydrogens (tertiary/aromatic N) is 1. The van der Waals surface area contributed by atoms with Crippen LogP contribution in [0.5, 0.6) is 0 Å². The lowest BCUT2D eigenvalue weighted by atomic mass is 9.98. The van der Waals surface area contributed by atoms with Gasteiger partial charge in [0.15, 0.2) is 0 Å². The molecule has 0 spiro atoms. The van der Waals surface area contributed by atoms with Crippen molar-refractivity contribution in [1.82, 2.24) is 10.3 Å². The molecule has 3 N–H and O–H groups in total. The molecule has 1 aliphatic heterocycles. The molecule has 1 saturated heterocycles. The SMILES string of the molecule is CC(C)(C)c1nc2ccc(NC(=O)C3CC(O)CN3)cc2s1.Cl. The van der Waals surface area contributed by atoms with E-state index in [0.717, 1.165) is 20.9 Å². The fourth-order valence-corrected chi connectivity index (χ4v) is 3.53. The van der Waals surface area contributed by atoms with Crippen molar-refractivity contribution in [3.8, 4) is 0 Å². The Kier molecular flexibility index (Phi) is 5.30. The van der Waals surface area contributed by atoms with E-state index in [0.29, 0.717) is 13.0 Å². The van der Waals surface area contributed by atoms with Gasteiger partial charge in [0.1, 0.15) is 0 Å². The molecule has 2 unspecified atom stereocenters. The summed E-state index contributed by atoms with van der Waals surface area (Å²) in [4.78, 5) is 16.8. The summed E-state index contributed by atoms with van der Waals surface area (Å²) in [5.41, 5.74) is 1.75. The molecule has 1 aromatic heterocycles. The van der Waals surface area contributed by atoms with Crippen LogP contribution in [0.2, 0.25) is 0 Å². The van der Waals surface area contributed by atoms with Gasteiger partial charge in [0.25, 0.3) is 0 Å². The van der Waals surface area contributed by atoms with Crippen LogP contribution in [0.25, 0.3) is 10.2 Å². The number of carbonyl (C=O) groups is 1. The lowest BCUT2D eigenvalue weighted by Crippen LogP contribution is -2.35. The molecular formula is C16H22ClN3O2S. The molecule has 0 saturated carbocycles. The second kappa shape index (κ2) is 6.73. The first-order valence-electron chi connectivity index (χ1n) is 7.46. The Bertz CT molecular complexity index is 711. The van der Waals surface area contributed by atoms with E-state index in [-0.39, 0.29) is 29.8 Å². The van der Waals surface area contributed by atoms with E-state index < -0.39 is 6.10 Å². The lowest BCUT2D eigenvalue weighted by Gasteiger charge is -2.13. The van der Waals surface area contributed by atoms with Crippen molar-refractivity contribution in [2.45, 2.75) is 44.8 Å². The number of aliphatic hydroxyl groups excluding tert-OH is 1. The Morgan fingerprint density at radius 2 is 2.17 bits per heavy atom. The third-order valence-electron chi connectivity index (χ3n) is 3.72. The molecule has 1 amide bonds. The van der Waals surface area contributed by atoms with Crippen LogP contribution in [0.3, 0.4) is 0 Å². The van der Waals surface area contributed by atoms with E-state index in [2.05, 4.69) is 36.4 Å². The minimum Gasteiger partial charge on any atom is -0.392 e. The Morgan fingerprint density at radius 1 is 1.43 bits per heavy atom. The zero-order valence-electron chi connectivity index (χ0n) is 13.4. The number of hydrogen-bond donors (Lipinski definition) is 3. The maximum Gasteiger partial charge on any atom is 0.241 e. The second-order valence-electron chi connectivity index (χ2n) is 6.79. The van der Waals surface area contributed by atoms with E-state index in [9.17, 15) is 9.90 Å². The minimum absolute atomic E-state index is 0. The molecule has 2 atom stereocenters. The first kappa shape index (κ1) is 18.1. The third-order valence-corrected chi connectivity index (χ3v) is 5.17. The molecule has 7 heteroatoms. The van der Waals surface area contributed by atoms with Crippen molar-refractivity contribution in [3.63, 3.8) is 0 Å².